The molecule has 0 fully saturated rings. The lowest BCUT2D eigenvalue weighted by Crippen LogP contribution is -2.33. The summed E-state index contributed by atoms with van der Waals surface area (Å²) in [5.74, 6) is 0.441. The molecule has 98 valence electrons. The van der Waals surface area contributed by atoms with Crippen LogP contribution in [0.1, 0.15) is 12.5 Å². The monoisotopic (exact) mass is 313 g/mol. The minimum absolute atomic E-state index is 0.0835. The highest BCUT2D eigenvalue weighted by Gasteiger charge is 2.04. The van der Waals surface area contributed by atoms with Crippen molar-refractivity contribution in [1.82, 2.24) is 5.32 Å². The summed E-state index contributed by atoms with van der Waals surface area (Å²) in [6.07, 6.45) is 3.08. The number of hydrogen-bond acceptors (Lipinski definition) is 3. The third kappa shape index (κ3) is 4.50. The fraction of sp³-hybridized carbons (Fsp3) is 0.308. The predicted octanol–water partition coefficient (Wildman–Crippen LogP) is 1.97. The number of ether oxygens (including phenoxy) is 1. The van der Waals surface area contributed by atoms with Gasteiger partial charge in [-0.15, -0.1) is 0 Å². The van der Waals surface area contributed by atoms with E-state index in [0.717, 1.165) is 10.0 Å². The van der Waals surface area contributed by atoms with Crippen LogP contribution in [0.25, 0.3) is 6.08 Å². The number of benzene rings is 1. The zero-order valence-electron chi connectivity index (χ0n) is 10.3. The fourth-order valence-corrected chi connectivity index (χ4v) is 1.72. The molecule has 1 atom stereocenters. The third-order valence-corrected chi connectivity index (χ3v) is 2.76. The van der Waals surface area contributed by atoms with Crippen molar-refractivity contribution in [2.45, 2.75) is 13.0 Å². The molecule has 4 nitrogen and oxygen atoms in total. The third-order valence-electron chi connectivity index (χ3n) is 2.27. The van der Waals surface area contributed by atoms with Gasteiger partial charge in [-0.05, 0) is 31.2 Å². The van der Waals surface area contributed by atoms with E-state index in [1.165, 1.54) is 6.08 Å². The maximum absolute atomic E-state index is 11.5. The Morgan fingerprint density at radius 3 is 2.94 bits per heavy atom. The Morgan fingerprint density at radius 1 is 1.61 bits per heavy atom. The highest BCUT2D eigenvalue weighted by atomic mass is 79.9. The summed E-state index contributed by atoms with van der Waals surface area (Å²) >= 11 is 3.36. The van der Waals surface area contributed by atoms with Crippen LogP contribution in [0.4, 0.5) is 0 Å². The summed E-state index contributed by atoms with van der Waals surface area (Å²) in [4.78, 5) is 11.5. The van der Waals surface area contributed by atoms with Gasteiger partial charge in [0.1, 0.15) is 5.75 Å². The van der Waals surface area contributed by atoms with Crippen molar-refractivity contribution in [1.29, 1.82) is 0 Å². The van der Waals surface area contributed by atoms with Gasteiger partial charge in [-0.2, -0.15) is 0 Å². The first kappa shape index (κ1) is 14.7. The van der Waals surface area contributed by atoms with Gasteiger partial charge in [0.25, 0.3) is 0 Å². The zero-order valence-corrected chi connectivity index (χ0v) is 11.9. The van der Waals surface area contributed by atoms with E-state index in [9.17, 15) is 4.79 Å². The number of amides is 1. The number of aliphatic hydroxyl groups is 1. The molecule has 0 saturated heterocycles. The number of carbonyl (C=O) groups excluding carboxylic acids is 1. The van der Waals surface area contributed by atoms with Crippen LogP contribution in [0.15, 0.2) is 28.7 Å². The Kier molecular flexibility index (Phi) is 5.88. The quantitative estimate of drug-likeness (QED) is 0.817. The maximum Gasteiger partial charge on any atom is 0.244 e. The molecule has 1 aromatic carbocycles. The lowest BCUT2D eigenvalue weighted by molar-refractivity contribution is -0.117. The molecule has 0 aliphatic carbocycles. The van der Waals surface area contributed by atoms with Gasteiger partial charge in [0.15, 0.2) is 0 Å². The van der Waals surface area contributed by atoms with Gasteiger partial charge >= 0.3 is 0 Å². The van der Waals surface area contributed by atoms with Crippen molar-refractivity contribution < 1.29 is 14.6 Å². The number of hydrogen-bond donors (Lipinski definition) is 2. The van der Waals surface area contributed by atoms with Gasteiger partial charge in [-0.3, -0.25) is 4.79 Å². The molecule has 0 saturated carbocycles. The molecular weight excluding hydrogens is 298 g/mol. The summed E-state index contributed by atoms with van der Waals surface area (Å²) in [5, 5.41) is 11.4. The lowest BCUT2D eigenvalue weighted by atomic mass is 10.2. The second-order valence-electron chi connectivity index (χ2n) is 3.81. The van der Waals surface area contributed by atoms with Crippen LogP contribution < -0.4 is 10.1 Å². The molecular formula is C13H16BrNO3. The molecule has 2 N–H and O–H groups in total. The van der Waals surface area contributed by atoms with Crippen molar-refractivity contribution >= 4 is 27.9 Å². The van der Waals surface area contributed by atoms with Gasteiger partial charge in [-0.25, -0.2) is 0 Å². The van der Waals surface area contributed by atoms with Crippen LogP contribution in [0, 0.1) is 0 Å². The molecule has 18 heavy (non-hydrogen) atoms. The summed E-state index contributed by atoms with van der Waals surface area (Å²) in [6, 6.07) is 5.28. The van der Waals surface area contributed by atoms with Crippen LogP contribution in [-0.2, 0) is 4.79 Å². The first-order valence-corrected chi connectivity index (χ1v) is 6.29. The second-order valence-corrected chi connectivity index (χ2v) is 4.73. The van der Waals surface area contributed by atoms with Gasteiger partial charge in [-0.1, -0.05) is 15.9 Å². The molecule has 0 spiro atoms. The molecule has 0 radical (unpaired) electrons. The fourth-order valence-electron chi connectivity index (χ4n) is 1.34. The largest absolute Gasteiger partial charge is 0.496 e. The van der Waals surface area contributed by atoms with Crippen molar-refractivity contribution in [3.63, 3.8) is 0 Å². The summed E-state index contributed by atoms with van der Waals surface area (Å²) in [6.45, 7) is 1.64. The van der Waals surface area contributed by atoms with Crippen LogP contribution in [0.5, 0.6) is 5.75 Å². The molecule has 0 aliphatic rings. The highest BCUT2D eigenvalue weighted by molar-refractivity contribution is 9.10. The van der Waals surface area contributed by atoms with E-state index >= 15 is 0 Å². The first-order valence-electron chi connectivity index (χ1n) is 5.49. The highest BCUT2D eigenvalue weighted by Crippen LogP contribution is 2.23. The van der Waals surface area contributed by atoms with Crippen LogP contribution in [-0.4, -0.2) is 30.8 Å². The number of halogens is 1. The van der Waals surface area contributed by atoms with Crippen LogP contribution in [0.3, 0.4) is 0 Å². The Labute approximate surface area is 115 Å². The minimum Gasteiger partial charge on any atom is -0.496 e. The van der Waals surface area contributed by atoms with Crippen molar-refractivity contribution in [3.8, 4) is 5.75 Å². The normalized spacial score (nSPS) is 12.4. The van der Waals surface area contributed by atoms with E-state index in [1.54, 1.807) is 20.1 Å². The van der Waals surface area contributed by atoms with E-state index < -0.39 is 0 Å². The van der Waals surface area contributed by atoms with Gasteiger partial charge in [0.05, 0.1) is 13.7 Å². The Balaban J connectivity index is 2.77. The Bertz CT molecular complexity index is 446. The molecule has 0 aromatic heterocycles. The number of aliphatic hydroxyl groups excluding tert-OH is 1. The van der Waals surface area contributed by atoms with E-state index in [-0.39, 0.29) is 18.6 Å². The molecule has 1 aromatic rings. The summed E-state index contributed by atoms with van der Waals surface area (Å²) in [5.41, 5.74) is 0.804. The average molecular weight is 314 g/mol. The molecule has 5 heteroatoms. The summed E-state index contributed by atoms with van der Waals surface area (Å²) in [7, 11) is 1.58. The predicted molar refractivity (Wildman–Crippen MR) is 74.4 cm³/mol. The van der Waals surface area contributed by atoms with E-state index in [0.29, 0.717) is 5.75 Å². The number of methoxy groups -OCH3 is 1. The zero-order chi connectivity index (χ0) is 13.5. The van der Waals surface area contributed by atoms with Crippen molar-refractivity contribution in [2.75, 3.05) is 13.7 Å². The molecule has 1 rings (SSSR count). The van der Waals surface area contributed by atoms with E-state index in [4.69, 9.17) is 9.84 Å². The number of nitrogens with one attached hydrogen (secondary N) is 1. The molecule has 0 aliphatic heterocycles. The lowest BCUT2D eigenvalue weighted by Gasteiger charge is -2.08. The van der Waals surface area contributed by atoms with Crippen molar-refractivity contribution in [2.24, 2.45) is 0 Å². The molecule has 1 amide bonds. The number of carbonyl (C=O) groups is 1. The smallest absolute Gasteiger partial charge is 0.244 e. The maximum atomic E-state index is 11.5. The Morgan fingerprint density at radius 2 is 2.33 bits per heavy atom. The average Bonchev–Trinajstić information content (AvgIpc) is 2.36. The van der Waals surface area contributed by atoms with Gasteiger partial charge in [0, 0.05) is 22.2 Å². The van der Waals surface area contributed by atoms with Crippen LogP contribution >= 0.6 is 15.9 Å². The van der Waals surface area contributed by atoms with Gasteiger partial charge in [0.2, 0.25) is 5.91 Å². The summed E-state index contributed by atoms with van der Waals surface area (Å²) < 4.78 is 6.10. The SMILES string of the molecule is COc1ccc(Br)cc1C=CC(=O)N[C@H](C)CO. The van der Waals surface area contributed by atoms with Gasteiger partial charge < -0.3 is 15.2 Å². The minimum atomic E-state index is -0.258. The number of rotatable bonds is 5. The molecule has 0 unspecified atom stereocenters. The first-order chi connectivity index (χ1) is 8.56. The topological polar surface area (TPSA) is 58.6 Å². The second kappa shape index (κ2) is 7.18. The Hall–Kier alpha value is -1.33. The van der Waals surface area contributed by atoms with E-state index in [1.807, 2.05) is 18.2 Å². The standard InChI is InChI=1S/C13H16BrNO3/c1-9(8-16)15-13(17)6-3-10-7-11(14)4-5-12(10)18-2/h3-7,9,16H,8H2,1-2H3,(H,15,17)/t9-/m1/s1. The van der Waals surface area contributed by atoms with E-state index in [2.05, 4.69) is 21.2 Å². The molecule has 0 heterocycles. The van der Waals surface area contributed by atoms with Crippen molar-refractivity contribution in [3.05, 3.63) is 34.3 Å². The van der Waals surface area contributed by atoms with Crippen LogP contribution in [0.2, 0.25) is 0 Å². The molecule has 0 bridgehead atoms.